The zero-order valence-electron chi connectivity index (χ0n) is 11.4. The van der Waals surface area contributed by atoms with E-state index >= 15 is 0 Å². The summed E-state index contributed by atoms with van der Waals surface area (Å²) in [7, 11) is 0. The molecule has 1 saturated heterocycles. The monoisotopic (exact) mass is 325 g/mol. The molecule has 0 aliphatic carbocycles. The number of piperidine rings is 1. The molecule has 21 heavy (non-hydrogen) atoms. The molecule has 0 saturated carbocycles. The maximum Gasteiger partial charge on any atom is 0.288 e. The lowest BCUT2D eigenvalue weighted by Gasteiger charge is -2.29. The fraction of sp³-hybridized carbons (Fsp3) is 0.429. The highest BCUT2D eigenvalue weighted by molar-refractivity contribution is 7.71. The Kier molecular flexibility index (Phi) is 4.40. The van der Waals surface area contributed by atoms with Crippen LogP contribution in [0.5, 0.6) is 0 Å². The molecule has 1 aliphatic rings. The smallest absolute Gasteiger partial charge is 0.288 e. The van der Waals surface area contributed by atoms with Crippen molar-refractivity contribution in [3.05, 3.63) is 34.1 Å². The van der Waals surface area contributed by atoms with Crippen molar-refractivity contribution in [2.45, 2.75) is 25.6 Å². The van der Waals surface area contributed by atoms with Crippen molar-refractivity contribution in [1.82, 2.24) is 14.7 Å². The van der Waals surface area contributed by atoms with Gasteiger partial charge in [-0.15, -0.1) is 5.10 Å². The number of hydrogen-bond acceptors (Lipinski definition) is 5. The molecule has 1 fully saturated rings. The average Bonchev–Trinajstić information content (AvgIpc) is 2.81. The van der Waals surface area contributed by atoms with E-state index in [-0.39, 0.29) is 6.10 Å². The van der Waals surface area contributed by atoms with Crippen LogP contribution in [0.4, 0.5) is 0 Å². The number of aliphatic hydroxyl groups is 1. The Morgan fingerprint density at radius 1 is 1.38 bits per heavy atom. The van der Waals surface area contributed by atoms with Gasteiger partial charge in [-0.1, -0.05) is 11.6 Å². The van der Waals surface area contributed by atoms with Gasteiger partial charge in [0.05, 0.1) is 12.8 Å². The number of rotatable bonds is 3. The maximum absolute atomic E-state index is 9.70. The molecular weight excluding hydrogens is 310 g/mol. The van der Waals surface area contributed by atoms with E-state index in [9.17, 15) is 5.11 Å². The molecule has 2 heterocycles. The summed E-state index contributed by atoms with van der Waals surface area (Å²) in [5.41, 5.74) is 0.836. The number of aromatic nitrogens is 2. The van der Waals surface area contributed by atoms with Crippen molar-refractivity contribution in [2.24, 2.45) is 0 Å². The number of hydrogen-bond donors (Lipinski definition) is 1. The lowest BCUT2D eigenvalue weighted by molar-refractivity contribution is 0.0509. The summed E-state index contributed by atoms with van der Waals surface area (Å²) in [6, 6.07) is 7.26. The summed E-state index contributed by atoms with van der Waals surface area (Å²) in [6.45, 7) is 2.11. The van der Waals surface area contributed by atoms with Crippen LogP contribution in [-0.2, 0) is 6.67 Å². The van der Waals surface area contributed by atoms with Gasteiger partial charge >= 0.3 is 0 Å². The zero-order chi connectivity index (χ0) is 14.8. The van der Waals surface area contributed by atoms with E-state index in [0.717, 1.165) is 24.9 Å². The minimum absolute atomic E-state index is 0.268. The highest BCUT2D eigenvalue weighted by Gasteiger charge is 2.19. The van der Waals surface area contributed by atoms with Gasteiger partial charge in [-0.25, -0.2) is 4.68 Å². The largest absolute Gasteiger partial charge is 0.409 e. The molecule has 112 valence electrons. The van der Waals surface area contributed by atoms with E-state index in [0.29, 0.717) is 29.0 Å². The summed E-state index contributed by atoms with van der Waals surface area (Å²) in [6.07, 6.45) is 1.57. The van der Waals surface area contributed by atoms with Crippen molar-refractivity contribution < 1.29 is 9.52 Å². The first-order valence-electron chi connectivity index (χ1n) is 6.86. The molecule has 1 aromatic heterocycles. The van der Waals surface area contributed by atoms with Crippen LogP contribution in [0.1, 0.15) is 12.8 Å². The SMILES string of the molecule is O[C@H]1CCCN(Cn2nc(-c3ccc(Cl)cc3)oc2=S)C1. The number of likely N-dealkylation sites (tertiary alicyclic amines) is 1. The summed E-state index contributed by atoms with van der Waals surface area (Å²) >= 11 is 11.1. The molecule has 3 rings (SSSR count). The molecule has 1 aromatic carbocycles. The first-order valence-corrected chi connectivity index (χ1v) is 7.65. The molecule has 1 N–H and O–H groups in total. The Hall–Kier alpha value is -1.21. The van der Waals surface area contributed by atoms with Crippen LogP contribution in [0, 0.1) is 4.84 Å². The van der Waals surface area contributed by atoms with Crippen molar-refractivity contribution >= 4 is 23.8 Å². The molecule has 0 radical (unpaired) electrons. The summed E-state index contributed by atoms with van der Waals surface area (Å²) in [5.74, 6) is 0.481. The normalized spacial score (nSPS) is 19.8. The Morgan fingerprint density at radius 3 is 2.86 bits per heavy atom. The second-order valence-electron chi connectivity index (χ2n) is 5.19. The number of benzene rings is 1. The van der Waals surface area contributed by atoms with Crippen LogP contribution < -0.4 is 0 Å². The average molecular weight is 326 g/mol. The van der Waals surface area contributed by atoms with Crippen molar-refractivity contribution in [2.75, 3.05) is 13.1 Å². The van der Waals surface area contributed by atoms with E-state index in [1.165, 1.54) is 0 Å². The number of halogens is 1. The minimum atomic E-state index is -0.268. The fourth-order valence-electron chi connectivity index (χ4n) is 2.45. The van der Waals surface area contributed by atoms with E-state index in [2.05, 4.69) is 10.00 Å². The van der Waals surface area contributed by atoms with Crippen molar-refractivity contribution in [3.63, 3.8) is 0 Å². The number of aliphatic hydroxyl groups excluding tert-OH is 1. The Bertz CT molecular complexity index is 668. The first kappa shape index (κ1) is 14.7. The lowest BCUT2D eigenvalue weighted by Crippen LogP contribution is -2.39. The molecule has 5 nitrogen and oxygen atoms in total. The van der Waals surface area contributed by atoms with Crippen LogP contribution in [0.15, 0.2) is 28.7 Å². The highest BCUT2D eigenvalue weighted by atomic mass is 35.5. The third kappa shape index (κ3) is 3.52. The molecule has 1 atom stereocenters. The molecule has 1 aliphatic heterocycles. The topological polar surface area (TPSA) is 54.4 Å². The molecule has 7 heteroatoms. The molecule has 0 unspecified atom stereocenters. The van der Waals surface area contributed by atoms with Crippen LogP contribution in [-0.4, -0.2) is 39.0 Å². The van der Waals surface area contributed by atoms with Crippen LogP contribution in [0.2, 0.25) is 5.02 Å². The predicted molar refractivity (Wildman–Crippen MR) is 82.6 cm³/mol. The third-order valence-corrected chi connectivity index (χ3v) is 4.06. The second-order valence-corrected chi connectivity index (χ2v) is 5.98. The number of nitrogens with zero attached hydrogens (tertiary/aromatic N) is 3. The summed E-state index contributed by atoms with van der Waals surface area (Å²) in [5, 5.41) is 14.8. The van der Waals surface area contributed by atoms with E-state index in [4.69, 9.17) is 28.2 Å². The van der Waals surface area contributed by atoms with E-state index < -0.39 is 0 Å². The van der Waals surface area contributed by atoms with Gasteiger partial charge in [0.15, 0.2) is 0 Å². The van der Waals surface area contributed by atoms with Crippen LogP contribution in [0.3, 0.4) is 0 Å². The van der Waals surface area contributed by atoms with Gasteiger partial charge in [-0.3, -0.25) is 4.90 Å². The maximum atomic E-state index is 9.70. The Balaban J connectivity index is 1.78. The van der Waals surface area contributed by atoms with E-state index in [1.807, 2.05) is 12.1 Å². The molecule has 0 spiro atoms. The van der Waals surface area contributed by atoms with Gasteiger partial charge in [0, 0.05) is 23.7 Å². The minimum Gasteiger partial charge on any atom is -0.409 e. The van der Waals surface area contributed by atoms with Gasteiger partial charge in [-0.2, -0.15) is 0 Å². The molecule has 2 aromatic rings. The molecular formula is C14H16ClN3O2S. The Morgan fingerprint density at radius 2 is 2.14 bits per heavy atom. The van der Waals surface area contributed by atoms with Crippen LogP contribution in [0.25, 0.3) is 11.5 Å². The summed E-state index contributed by atoms with van der Waals surface area (Å²) in [4.78, 5) is 2.46. The van der Waals surface area contributed by atoms with E-state index in [1.54, 1.807) is 16.8 Å². The van der Waals surface area contributed by atoms with Gasteiger partial charge in [0.1, 0.15) is 0 Å². The lowest BCUT2D eigenvalue weighted by atomic mass is 10.1. The van der Waals surface area contributed by atoms with Gasteiger partial charge in [0.25, 0.3) is 4.84 Å². The standard InChI is InChI=1S/C14H16ClN3O2S/c15-11-5-3-10(4-6-11)13-16-18(14(21)20-13)9-17-7-1-2-12(19)8-17/h3-6,12,19H,1-2,7-9H2/t12-/m0/s1. The summed E-state index contributed by atoms with van der Waals surface area (Å²) < 4.78 is 7.19. The molecule has 0 bridgehead atoms. The second kappa shape index (κ2) is 6.27. The van der Waals surface area contributed by atoms with Gasteiger partial charge in [0.2, 0.25) is 5.89 Å². The van der Waals surface area contributed by atoms with Gasteiger partial charge in [-0.05, 0) is 49.3 Å². The van der Waals surface area contributed by atoms with Gasteiger partial charge < -0.3 is 9.52 Å². The Labute approximate surface area is 132 Å². The predicted octanol–water partition coefficient (Wildman–Crippen LogP) is 2.94. The zero-order valence-corrected chi connectivity index (χ0v) is 13.0. The fourth-order valence-corrected chi connectivity index (χ4v) is 2.76. The highest BCUT2D eigenvalue weighted by Crippen LogP contribution is 2.20. The van der Waals surface area contributed by atoms with Crippen LogP contribution >= 0.6 is 23.8 Å². The number of β-amino-alcohol motifs (C(OH)–C–C–N with tert-alkyl or cyclic N) is 1. The van der Waals surface area contributed by atoms with Crippen molar-refractivity contribution in [3.8, 4) is 11.5 Å². The quantitative estimate of drug-likeness (QED) is 0.879. The molecule has 0 amide bonds. The van der Waals surface area contributed by atoms with Crippen molar-refractivity contribution in [1.29, 1.82) is 0 Å². The third-order valence-electron chi connectivity index (χ3n) is 3.51. The first-order chi connectivity index (χ1) is 10.1.